The standard InChI is InChI=1S/C25H23F4NO8S/c1-35-15-7-5-13(17(9-15)37-3)11-30(12-14-6-8-16(36-2)10-18(14)38-4)39(33,34)24-19(25(31)32)20(26)21(27)22(28)23(24)29/h5-10H,11-12H2,1-4H3,(H,31,32). The molecule has 0 amide bonds. The topological polar surface area (TPSA) is 112 Å². The summed E-state index contributed by atoms with van der Waals surface area (Å²) < 4.78 is 106. The van der Waals surface area contributed by atoms with Gasteiger partial charge in [0.05, 0.1) is 28.4 Å². The van der Waals surface area contributed by atoms with E-state index in [0.29, 0.717) is 15.8 Å². The van der Waals surface area contributed by atoms with Gasteiger partial charge in [-0.25, -0.2) is 30.8 Å². The van der Waals surface area contributed by atoms with Crippen molar-refractivity contribution in [3.63, 3.8) is 0 Å². The second-order valence-electron chi connectivity index (χ2n) is 7.89. The van der Waals surface area contributed by atoms with E-state index in [-0.39, 0.29) is 22.6 Å². The number of hydrogen-bond donors (Lipinski definition) is 1. The molecular formula is C25H23F4NO8S. The monoisotopic (exact) mass is 573 g/mol. The molecule has 3 aromatic rings. The Kier molecular flexibility index (Phi) is 8.92. The van der Waals surface area contributed by atoms with Gasteiger partial charge in [-0.3, -0.25) is 0 Å². The Morgan fingerprint density at radius 2 is 1.18 bits per heavy atom. The number of sulfonamides is 1. The van der Waals surface area contributed by atoms with Gasteiger partial charge in [0.25, 0.3) is 0 Å². The number of aromatic carboxylic acids is 1. The van der Waals surface area contributed by atoms with Gasteiger partial charge in [0.2, 0.25) is 10.0 Å². The van der Waals surface area contributed by atoms with Gasteiger partial charge in [0, 0.05) is 36.3 Å². The Bertz CT molecular complexity index is 1460. The lowest BCUT2D eigenvalue weighted by Gasteiger charge is -2.25. The number of rotatable bonds is 11. The summed E-state index contributed by atoms with van der Waals surface area (Å²) in [5.41, 5.74) is -1.51. The first kappa shape index (κ1) is 29.5. The fourth-order valence-electron chi connectivity index (χ4n) is 3.74. The highest BCUT2D eigenvalue weighted by molar-refractivity contribution is 7.89. The summed E-state index contributed by atoms with van der Waals surface area (Å²) in [6, 6.07) is 8.63. The van der Waals surface area contributed by atoms with Crippen molar-refractivity contribution in [2.24, 2.45) is 0 Å². The molecule has 0 unspecified atom stereocenters. The lowest BCUT2D eigenvalue weighted by molar-refractivity contribution is 0.0683. The van der Waals surface area contributed by atoms with Gasteiger partial charge in [-0.2, -0.15) is 4.31 Å². The molecule has 3 rings (SSSR count). The minimum absolute atomic E-state index is 0.131. The summed E-state index contributed by atoms with van der Waals surface area (Å²) in [5.74, 6) is -11.1. The first-order valence-corrected chi connectivity index (χ1v) is 12.4. The molecule has 0 bridgehead atoms. The summed E-state index contributed by atoms with van der Waals surface area (Å²) in [6.45, 7) is -1.21. The van der Waals surface area contributed by atoms with E-state index >= 15 is 0 Å². The zero-order valence-electron chi connectivity index (χ0n) is 21.1. The number of nitrogens with zero attached hydrogens (tertiary/aromatic N) is 1. The number of halogens is 4. The van der Waals surface area contributed by atoms with Crippen molar-refractivity contribution in [3.8, 4) is 23.0 Å². The van der Waals surface area contributed by atoms with Crippen LogP contribution in [0.5, 0.6) is 23.0 Å². The van der Waals surface area contributed by atoms with Crippen LogP contribution in [0, 0.1) is 23.3 Å². The molecule has 0 saturated carbocycles. The zero-order chi connectivity index (χ0) is 29.1. The van der Waals surface area contributed by atoms with E-state index in [1.165, 1.54) is 64.8 Å². The lowest BCUT2D eigenvalue weighted by atomic mass is 10.1. The van der Waals surface area contributed by atoms with Crippen LogP contribution in [-0.4, -0.2) is 52.2 Å². The van der Waals surface area contributed by atoms with Crippen LogP contribution in [0.15, 0.2) is 41.3 Å². The molecule has 39 heavy (non-hydrogen) atoms. The zero-order valence-corrected chi connectivity index (χ0v) is 21.9. The number of carboxylic acids is 1. The van der Waals surface area contributed by atoms with Crippen LogP contribution in [0.25, 0.3) is 0 Å². The summed E-state index contributed by atoms with van der Waals surface area (Å²) >= 11 is 0. The van der Waals surface area contributed by atoms with E-state index in [1.807, 2.05) is 0 Å². The fraction of sp³-hybridized carbons (Fsp3) is 0.240. The number of carboxylic acid groups (broad SMARTS) is 1. The Morgan fingerprint density at radius 1 is 0.744 bits per heavy atom. The van der Waals surface area contributed by atoms with E-state index in [0.717, 1.165) is 0 Å². The third-order valence-corrected chi connectivity index (χ3v) is 7.55. The van der Waals surface area contributed by atoms with Gasteiger partial charge in [-0.15, -0.1) is 0 Å². The third-order valence-electron chi connectivity index (χ3n) is 5.72. The van der Waals surface area contributed by atoms with Crippen LogP contribution in [0.1, 0.15) is 21.5 Å². The number of methoxy groups -OCH3 is 4. The molecule has 0 atom stereocenters. The number of ether oxygens (including phenoxy) is 4. The van der Waals surface area contributed by atoms with Crippen LogP contribution < -0.4 is 18.9 Å². The molecule has 0 heterocycles. The maximum absolute atomic E-state index is 15.0. The molecule has 1 N–H and O–H groups in total. The first-order valence-electron chi connectivity index (χ1n) is 10.9. The third kappa shape index (κ3) is 5.71. The van der Waals surface area contributed by atoms with Gasteiger partial charge in [0.1, 0.15) is 33.5 Å². The smallest absolute Gasteiger partial charge is 0.340 e. The molecule has 0 spiro atoms. The Morgan fingerprint density at radius 3 is 1.56 bits per heavy atom. The molecule has 3 aromatic carbocycles. The quantitative estimate of drug-likeness (QED) is 0.205. The summed E-state index contributed by atoms with van der Waals surface area (Å²) in [5, 5.41) is 9.44. The van der Waals surface area contributed by atoms with Crippen LogP contribution in [-0.2, 0) is 23.1 Å². The second kappa shape index (κ2) is 11.8. The van der Waals surface area contributed by atoms with Crippen LogP contribution in [0.2, 0.25) is 0 Å². The molecular weight excluding hydrogens is 550 g/mol. The van der Waals surface area contributed by atoms with Crippen LogP contribution >= 0.6 is 0 Å². The van der Waals surface area contributed by atoms with Crippen molar-refractivity contribution in [1.82, 2.24) is 4.31 Å². The summed E-state index contributed by atoms with van der Waals surface area (Å²) in [4.78, 5) is 9.86. The van der Waals surface area contributed by atoms with E-state index in [4.69, 9.17) is 18.9 Å². The Hall–Kier alpha value is -4.04. The largest absolute Gasteiger partial charge is 0.497 e. The normalized spacial score (nSPS) is 11.4. The summed E-state index contributed by atoms with van der Waals surface area (Å²) in [7, 11) is -0.0453. The van der Waals surface area contributed by atoms with Gasteiger partial charge in [0.15, 0.2) is 23.3 Å². The fourth-order valence-corrected chi connectivity index (χ4v) is 5.37. The highest BCUT2D eigenvalue weighted by Crippen LogP contribution is 2.35. The minimum Gasteiger partial charge on any atom is -0.497 e. The van der Waals surface area contributed by atoms with Gasteiger partial charge in [-0.1, -0.05) is 12.1 Å². The molecule has 9 nitrogen and oxygen atoms in total. The van der Waals surface area contributed by atoms with Crippen LogP contribution in [0.3, 0.4) is 0 Å². The molecule has 0 aliphatic heterocycles. The predicted molar refractivity (Wildman–Crippen MR) is 129 cm³/mol. The van der Waals surface area contributed by atoms with Crippen molar-refractivity contribution in [1.29, 1.82) is 0 Å². The number of hydrogen-bond acceptors (Lipinski definition) is 7. The van der Waals surface area contributed by atoms with Crippen LogP contribution in [0.4, 0.5) is 17.6 Å². The van der Waals surface area contributed by atoms with Crippen molar-refractivity contribution < 1.29 is 54.8 Å². The van der Waals surface area contributed by atoms with Crippen molar-refractivity contribution in [2.45, 2.75) is 18.0 Å². The Labute approximate surface area is 221 Å². The predicted octanol–water partition coefficient (Wildman–Crippen LogP) is 4.37. The maximum atomic E-state index is 15.0. The SMILES string of the molecule is COc1ccc(CN(Cc2ccc(OC)cc2OC)S(=O)(=O)c2c(F)c(F)c(F)c(F)c2C(=O)O)c(OC)c1. The highest BCUT2D eigenvalue weighted by Gasteiger charge is 2.39. The molecule has 210 valence electrons. The molecule has 0 aliphatic rings. The Balaban J connectivity index is 2.29. The van der Waals surface area contributed by atoms with Gasteiger partial charge in [-0.05, 0) is 12.1 Å². The average molecular weight is 574 g/mol. The lowest BCUT2D eigenvalue weighted by Crippen LogP contribution is -2.33. The first-order chi connectivity index (χ1) is 18.4. The molecule has 0 saturated heterocycles. The van der Waals surface area contributed by atoms with E-state index in [2.05, 4.69) is 0 Å². The van der Waals surface area contributed by atoms with Crippen molar-refractivity contribution in [3.05, 3.63) is 76.4 Å². The number of benzene rings is 3. The average Bonchev–Trinajstić information content (AvgIpc) is 2.92. The molecule has 0 aromatic heterocycles. The molecule has 0 aliphatic carbocycles. The van der Waals surface area contributed by atoms with Crippen molar-refractivity contribution in [2.75, 3.05) is 28.4 Å². The molecule has 0 radical (unpaired) electrons. The maximum Gasteiger partial charge on any atom is 0.340 e. The minimum atomic E-state index is -5.39. The van der Waals surface area contributed by atoms with E-state index < -0.39 is 62.8 Å². The van der Waals surface area contributed by atoms with Gasteiger partial charge >= 0.3 is 5.97 Å². The van der Waals surface area contributed by atoms with E-state index in [9.17, 15) is 35.9 Å². The molecule has 14 heteroatoms. The number of carbonyl (C=O) groups is 1. The van der Waals surface area contributed by atoms with Gasteiger partial charge < -0.3 is 24.1 Å². The molecule has 0 fully saturated rings. The van der Waals surface area contributed by atoms with Crippen molar-refractivity contribution >= 4 is 16.0 Å². The highest BCUT2D eigenvalue weighted by atomic mass is 32.2. The second-order valence-corrected chi connectivity index (χ2v) is 9.77. The van der Waals surface area contributed by atoms with E-state index in [1.54, 1.807) is 0 Å². The summed E-state index contributed by atoms with van der Waals surface area (Å²) in [6.07, 6.45) is 0.